The first-order valence-electron chi connectivity index (χ1n) is 6.53. The quantitative estimate of drug-likeness (QED) is 0.775. The second kappa shape index (κ2) is 5.35. The average Bonchev–Trinajstić information content (AvgIpc) is 2.53. The van der Waals surface area contributed by atoms with Crippen molar-refractivity contribution in [2.75, 3.05) is 0 Å². The van der Waals surface area contributed by atoms with Crippen LogP contribution in [0.25, 0.3) is 22.0 Å². The van der Waals surface area contributed by atoms with Crippen molar-refractivity contribution in [1.82, 2.24) is 9.97 Å². The molecular weight excluding hydrogens is 309 g/mol. The van der Waals surface area contributed by atoms with E-state index in [4.69, 9.17) is 5.11 Å². The van der Waals surface area contributed by atoms with Crippen molar-refractivity contribution in [1.29, 1.82) is 0 Å². The summed E-state index contributed by atoms with van der Waals surface area (Å²) in [4.78, 5) is 17.8. The Balaban J connectivity index is 2.20. The Hall–Kier alpha value is -2.96. The van der Waals surface area contributed by atoms with Crippen LogP contribution < -0.4 is 0 Å². The molecule has 0 aliphatic heterocycles. The highest BCUT2D eigenvalue weighted by Crippen LogP contribution is 2.31. The molecule has 1 aromatic heterocycles. The number of rotatable bonds is 2. The van der Waals surface area contributed by atoms with Gasteiger partial charge in [-0.25, -0.2) is 14.8 Å². The molecule has 0 aliphatic rings. The highest BCUT2D eigenvalue weighted by atomic mass is 19.4. The summed E-state index contributed by atoms with van der Waals surface area (Å²) in [5, 5.41) is 10.7. The van der Waals surface area contributed by atoms with Gasteiger partial charge in [-0.3, -0.25) is 0 Å². The highest BCUT2D eigenvalue weighted by Gasteiger charge is 2.34. The van der Waals surface area contributed by atoms with Gasteiger partial charge in [0.05, 0.1) is 5.69 Å². The van der Waals surface area contributed by atoms with E-state index in [0.29, 0.717) is 5.56 Å². The predicted octanol–water partition coefficient (Wildman–Crippen LogP) is 4.01. The van der Waals surface area contributed by atoms with Gasteiger partial charge in [-0.05, 0) is 22.9 Å². The monoisotopic (exact) mass is 318 g/mol. The lowest BCUT2D eigenvalue weighted by Gasteiger charge is -2.09. The molecule has 0 atom stereocenters. The summed E-state index contributed by atoms with van der Waals surface area (Å²) in [6.07, 6.45) is -4.75. The Bertz CT molecular complexity index is 907. The van der Waals surface area contributed by atoms with Gasteiger partial charge in [0.2, 0.25) is 5.82 Å². The number of benzene rings is 2. The van der Waals surface area contributed by atoms with Crippen molar-refractivity contribution in [3.8, 4) is 11.3 Å². The van der Waals surface area contributed by atoms with Gasteiger partial charge >= 0.3 is 12.1 Å². The maximum Gasteiger partial charge on any atom is 0.433 e. The molecule has 0 radical (unpaired) electrons. The van der Waals surface area contributed by atoms with Gasteiger partial charge in [-0.1, -0.05) is 36.4 Å². The summed E-state index contributed by atoms with van der Waals surface area (Å²) < 4.78 is 38.7. The summed E-state index contributed by atoms with van der Waals surface area (Å²) >= 11 is 0. The van der Waals surface area contributed by atoms with Gasteiger partial charge in [-0.15, -0.1) is 0 Å². The topological polar surface area (TPSA) is 63.1 Å². The number of hydrogen-bond donors (Lipinski definition) is 1. The molecule has 0 bridgehead atoms. The van der Waals surface area contributed by atoms with E-state index >= 15 is 0 Å². The number of carbonyl (C=O) groups is 1. The molecule has 3 rings (SSSR count). The van der Waals surface area contributed by atoms with Crippen LogP contribution in [0.3, 0.4) is 0 Å². The van der Waals surface area contributed by atoms with Crippen molar-refractivity contribution < 1.29 is 23.1 Å². The first kappa shape index (κ1) is 15.0. The van der Waals surface area contributed by atoms with E-state index in [9.17, 15) is 18.0 Å². The van der Waals surface area contributed by atoms with E-state index in [1.165, 1.54) is 0 Å². The number of alkyl halides is 3. The average molecular weight is 318 g/mol. The van der Waals surface area contributed by atoms with Crippen molar-refractivity contribution in [2.45, 2.75) is 6.18 Å². The minimum atomic E-state index is -4.75. The van der Waals surface area contributed by atoms with Gasteiger partial charge < -0.3 is 5.11 Å². The Kier molecular flexibility index (Phi) is 3.48. The molecule has 0 amide bonds. The van der Waals surface area contributed by atoms with Crippen LogP contribution in [0.5, 0.6) is 0 Å². The largest absolute Gasteiger partial charge is 0.475 e. The van der Waals surface area contributed by atoms with Gasteiger partial charge in [0.15, 0.2) is 0 Å². The third-order valence-electron chi connectivity index (χ3n) is 3.25. The van der Waals surface area contributed by atoms with Crippen LogP contribution in [0, 0.1) is 0 Å². The third-order valence-corrected chi connectivity index (χ3v) is 3.25. The second-order valence-electron chi connectivity index (χ2n) is 4.83. The van der Waals surface area contributed by atoms with E-state index in [1.54, 1.807) is 24.3 Å². The molecule has 7 heteroatoms. The molecular formula is C16H9F3N2O2. The number of aromatic nitrogens is 2. The van der Waals surface area contributed by atoms with E-state index in [2.05, 4.69) is 9.97 Å². The smallest absolute Gasteiger partial charge is 0.433 e. The van der Waals surface area contributed by atoms with E-state index in [0.717, 1.165) is 16.8 Å². The van der Waals surface area contributed by atoms with Crippen molar-refractivity contribution in [3.05, 3.63) is 60.0 Å². The van der Waals surface area contributed by atoms with Crippen molar-refractivity contribution in [2.24, 2.45) is 0 Å². The molecule has 0 aliphatic carbocycles. The van der Waals surface area contributed by atoms with Crippen LogP contribution in [0.2, 0.25) is 0 Å². The molecule has 4 nitrogen and oxygen atoms in total. The van der Waals surface area contributed by atoms with Crippen LogP contribution in [0.15, 0.2) is 48.5 Å². The number of fused-ring (bicyclic) bond motifs is 1. The molecule has 1 N–H and O–H groups in total. The van der Waals surface area contributed by atoms with E-state index in [-0.39, 0.29) is 5.69 Å². The molecule has 0 fully saturated rings. The lowest BCUT2D eigenvalue weighted by molar-refractivity contribution is -0.141. The number of halogens is 3. The molecule has 2 aromatic carbocycles. The highest BCUT2D eigenvalue weighted by molar-refractivity contribution is 5.88. The van der Waals surface area contributed by atoms with Crippen LogP contribution in [-0.4, -0.2) is 21.0 Å². The SMILES string of the molecule is O=C(O)c1nc(-c2ccc3ccccc3c2)cc(C(F)(F)F)n1. The van der Waals surface area contributed by atoms with Gasteiger partial charge in [0.1, 0.15) is 5.69 Å². The fourth-order valence-electron chi connectivity index (χ4n) is 2.18. The third kappa shape index (κ3) is 2.98. The Labute approximate surface area is 128 Å². The van der Waals surface area contributed by atoms with Gasteiger partial charge in [0.25, 0.3) is 0 Å². The Morgan fingerprint density at radius 1 is 0.957 bits per heavy atom. The fraction of sp³-hybridized carbons (Fsp3) is 0.0625. The number of carboxylic acid groups (broad SMARTS) is 1. The summed E-state index contributed by atoms with van der Waals surface area (Å²) in [7, 11) is 0. The van der Waals surface area contributed by atoms with Crippen LogP contribution in [0.4, 0.5) is 13.2 Å². The molecule has 0 unspecified atom stereocenters. The number of hydrogen-bond acceptors (Lipinski definition) is 3. The zero-order chi connectivity index (χ0) is 16.6. The second-order valence-corrected chi connectivity index (χ2v) is 4.83. The van der Waals surface area contributed by atoms with Crippen LogP contribution >= 0.6 is 0 Å². The fourth-order valence-corrected chi connectivity index (χ4v) is 2.18. The molecule has 0 spiro atoms. The first-order chi connectivity index (χ1) is 10.8. The van der Waals surface area contributed by atoms with Gasteiger partial charge in [-0.2, -0.15) is 13.2 Å². The van der Waals surface area contributed by atoms with Crippen LogP contribution in [0.1, 0.15) is 16.3 Å². The molecule has 3 aromatic rings. The van der Waals surface area contributed by atoms with Crippen molar-refractivity contribution in [3.63, 3.8) is 0 Å². The van der Waals surface area contributed by atoms with Crippen LogP contribution in [-0.2, 0) is 6.18 Å². The number of nitrogens with zero attached hydrogens (tertiary/aromatic N) is 2. The summed E-state index contributed by atoms with van der Waals surface area (Å²) in [6.45, 7) is 0. The zero-order valence-corrected chi connectivity index (χ0v) is 11.5. The molecule has 0 saturated carbocycles. The zero-order valence-electron chi connectivity index (χ0n) is 11.5. The summed E-state index contributed by atoms with van der Waals surface area (Å²) in [6, 6.07) is 13.1. The summed E-state index contributed by atoms with van der Waals surface area (Å²) in [5.41, 5.74) is -0.984. The minimum absolute atomic E-state index is 0.0875. The maximum atomic E-state index is 12.9. The summed E-state index contributed by atoms with van der Waals surface area (Å²) in [5.74, 6) is -2.50. The molecule has 23 heavy (non-hydrogen) atoms. The van der Waals surface area contributed by atoms with E-state index in [1.807, 2.05) is 18.2 Å². The standard InChI is InChI=1S/C16H9F3N2O2/c17-16(18,19)13-8-12(20-14(21-13)15(22)23)11-6-5-9-3-1-2-4-10(9)7-11/h1-8H,(H,22,23). The Morgan fingerprint density at radius 2 is 1.65 bits per heavy atom. The lowest BCUT2D eigenvalue weighted by Crippen LogP contribution is -2.14. The van der Waals surface area contributed by atoms with Gasteiger partial charge in [0, 0.05) is 5.56 Å². The first-order valence-corrected chi connectivity index (χ1v) is 6.53. The molecule has 1 heterocycles. The van der Waals surface area contributed by atoms with Crippen molar-refractivity contribution >= 4 is 16.7 Å². The molecule has 0 saturated heterocycles. The number of carboxylic acids is 1. The Morgan fingerprint density at radius 3 is 2.30 bits per heavy atom. The molecule has 116 valence electrons. The number of aromatic carboxylic acids is 1. The maximum absolute atomic E-state index is 12.9. The van der Waals surface area contributed by atoms with E-state index < -0.39 is 23.7 Å². The minimum Gasteiger partial charge on any atom is -0.475 e. The lowest BCUT2D eigenvalue weighted by atomic mass is 10.0. The normalized spacial score (nSPS) is 11.6. The predicted molar refractivity (Wildman–Crippen MR) is 76.9 cm³/mol.